The van der Waals surface area contributed by atoms with Crippen LogP contribution in [0.3, 0.4) is 0 Å². The predicted octanol–water partition coefficient (Wildman–Crippen LogP) is 0.567. The van der Waals surface area contributed by atoms with Crippen molar-refractivity contribution in [3.8, 4) is 6.07 Å². The van der Waals surface area contributed by atoms with Gasteiger partial charge in [-0.1, -0.05) is 0 Å². The molecule has 0 radical (unpaired) electrons. The summed E-state index contributed by atoms with van der Waals surface area (Å²) in [6, 6.07) is 7.27. The van der Waals surface area contributed by atoms with E-state index in [9.17, 15) is 8.42 Å². The number of primary sulfonamides is 1. The van der Waals surface area contributed by atoms with Gasteiger partial charge in [0.05, 0.1) is 17.4 Å². The maximum Gasteiger partial charge on any atom is 0.210 e. The van der Waals surface area contributed by atoms with Crippen molar-refractivity contribution >= 4 is 15.7 Å². The molecule has 0 aromatic heterocycles. The Labute approximate surface area is 94.9 Å². The molecule has 3 N–H and O–H groups in total. The van der Waals surface area contributed by atoms with E-state index in [1.807, 2.05) is 6.92 Å². The molecule has 0 amide bonds. The van der Waals surface area contributed by atoms with Crippen molar-refractivity contribution in [3.63, 3.8) is 0 Å². The minimum atomic E-state index is -3.43. The van der Waals surface area contributed by atoms with Crippen LogP contribution in [-0.4, -0.2) is 20.7 Å². The first-order chi connectivity index (χ1) is 7.42. The van der Waals surface area contributed by atoms with E-state index in [2.05, 4.69) is 11.4 Å². The molecule has 0 fully saturated rings. The largest absolute Gasteiger partial charge is 0.384 e. The highest BCUT2D eigenvalue weighted by Crippen LogP contribution is 2.13. The van der Waals surface area contributed by atoms with Gasteiger partial charge in [-0.2, -0.15) is 5.26 Å². The fraction of sp³-hybridized carbons (Fsp3) is 0.300. The van der Waals surface area contributed by atoms with E-state index in [1.54, 1.807) is 18.2 Å². The summed E-state index contributed by atoms with van der Waals surface area (Å²) in [6.45, 7) is 2.08. The Bertz CT molecular complexity index is 517. The highest BCUT2D eigenvalue weighted by molar-refractivity contribution is 7.89. The van der Waals surface area contributed by atoms with Gasteiger partial charge in [-0.25, -0.2) is 13.6 Å². The van der Waals surface area contributed by atoms with Gasteiger partial charge in [0.2, 0.25) is 10.0 Å². The van der Waals surface area contributed by atoms with Crippen molar-refractivity contribution in [2.45, 2.75) is 6.92 Å². The summed E-state index contributed by atoms with van der Waals surface area (Å²) in [5, 5.41) is 16.5. The maximum atomic E-state index is 10.7. The molecule has 6 heteroatoms. The minimum absolute atomic E-state index is 0.119. The maximum absolute atomic E-state index is 10.7. The van der Waals surface area contributed by atoms with Gasteiger partial charge in [-0.15, -0.1) is 0 Å². The molecule has 0 atom stereocenters. The second kappa shape index (κ2) is 4.96. The smallest absolute Gasteiger partial charge is 0.210 e. The Balaban J connectivity index is 2.63. The van der Waals surface area contributed by atoms with E-state index in [0.29, 0.717) is 5.56 Å². The monoisotopic (exact) mass is 239 g/mol. The molecule has 0 heterocycles. The van der Waals surface area contributed by atoms with Gasteiger partial charge in [0.1, 0.15) is 0 Å². The highest BCUT2D eigenvalue weighted by Gasteiger charge is 2.02. The summed E-state index contributed by atoms with van der Waals surface area (Å²) in [7, 11) is -3.43. The zero-order chi connectivity index (χ0) is 12.2. The third kappa shape index (κ3) is 3.88. The molecule has 1 aromatic rings. The van der Waals surface area contributed by atoms with Crippen LogP contribution in [0.15, 0.2) is 18.2 Å². The van der Waals surface area contributed by atoms with E-state index < -0.39 is 10.0 Å². The number of nitrogens with one attached hydrogen (secondary N) is 1. The van der Waals surface area contributed by atoms with Gasteiger partial charge >= 0.3 is 0 Å². The molecule has 0 saturated heterocycles. The Kier molecular flexibility index (Phi) is 3.88. The summed E-state index contributed by atoms with van der Waals surface area (Å²) in [6.07, 6.45) is 0. The lowest BCUT2D eigenvalue weighted by Gasteiger charge is -2.06. The second-order valence-corrected chi connectivity index (χ2v) is 5.17. The van der Waals surface area contributed by atoms with Crippen LogP contribution >= 0.6 is 0 Å². The van der Waals surface area contributed by atoms with Crippen LogP contribution in [-0.2, 0) is 10.0 Å². The van der Waals surface area contributed by atoms with E-state index in [0.717, 1.165) is 11.3 Å². The van der Waals surface area contributed by atoms with Crippen LogP contribution in [0.1, 0.15) is 11.1 Å². The molecule has 0 spiro atoms. The average molecular weight is 239 g/mol. The normalized spacial score (nSPS) is 10.8. The first-order valence-corrected chi connectivity index (χ1v) is 6.39. The van der Waals surface area contributed by atoms with Gasteiger partial charge in [-0.3, -0.25) is 0 Å². The van der Waals surface area contributed by atoms with Gasteiger partial charge in [0, 0.05) is 12.2 Å². The first-order valence-electron chi connectivity index (χ1n) is 4.67. The number of rotatable bonds is 4. The standard InChI is InChI=1S/C10H13N3O2S/c1-8-6-10(3-2-9(8)7-11)13-4-5-16(12,14)15/h2-3,6,13H,4-5H2,1H3,(H2,12,14,15). The molecule has 0 aliphatic rings. The molecule has 5 nitrogen and oxygen atoms in total. The molecule has 0 aliphatic carbocycles. The SMILES string of the molecule is Cc1cc(NCCS(N)(=O)=O)ccc1C#N. The molecule has 0 bridgehead atoms. The van der Waals surface area contributed by atoms with E-state index >= 15 is 0 Å². The van der Waals surface area contributed by atoms with Crippen LogP contribution in [0.2, 0.25) is 0 Å². The molecular weight excluding hydrogens is 226 g/mol. The number of aryl methyl sites for hydroxylation is 1. The van der Waals surface area contributed by atoms with Crippen LogP contribution in [0, 0.1) is 18.3 Å². The molecule has 16 heavy (non-hydrogen) atoms. The molecular formula is C10H13N3O2S. The number of nitrogens with zero attached hydrogens (tertiary/aromatic N) is 1. The number of nitriles is 1. The number of anilines is 1. The number of hydrogen-bond acceptors (Lipinski definition) is 4. The molecule has 1 rings (SSSR count). The van der Waals surface area contributed by atoms with Crippen molar-refractivity contribution in [2.24, 2.45) is 5.14 Å². The molecule has 1 aromatic carbocycles. The van der Waals surface area contributed by atoms with Gasteiger partial charge in [-0.05, 0) is 30.7 Å². The van der Waals surface area contributed by atoms with E-state index in [1.165, 1.54) is 0 Å². The van der Waals surface area contributed by atoms with Crippen LogP contribution in [0.5, 0.6) is 0 Å². The van der Waals surface area contributed by atoms with Crippen LogP contribution < -0.4 is 10.5 Å². The van der Waals surface area contributed by atoms with Gasteiger partial charge < -0.3 is 5.32 Å². The fourth-order valence-corrected chi connectivity index (χ4v) is 1.62. The van der Waals surface area contributed by atoms with Crippen molar-refractivity contribution < 1.29 is 8.42 Å². The summed E-state index contributed by atoms with van der Waals surface area (Å²) >= 11 is 0. The number of sulfonamides is 1. The summed E-state index contributed by atoms with van der Waals surface area (Å²) in [4.78, 5) is 0. The van der Waals surface area contributed by atoms with Crippen molar-refractivity contribution in [1.29, 1.82) is 5.26 Å². The van der Waals surface area contributed by atoms with Crippen LogP contribution in [0.4, 0.5) is 5.69 Å². The number of hydrogen-bond donors (Lipinski definition) is 2. The predicted molar refractivity (Wildman–Crippen MR) is 62.4 cm³/mol. The Morgan fingerprint density at radius 1 is 1.50 bits per heavy atom. The van der Waals surface area contributed by atoms with Gasteiger partial charge in [0.25, 0.3) is 0 Å². The zero-order valence-electron chi connectivity index (χ0n) is 8.90. The summed E-state index contributed by atoms with van der Waals surface area (Å²) in [5.74, 6) is -0.119. The first kappa shape index (κ1) is 12.5. The average Bonchev–Trinajstić information content (AvgIpc) is 2.16. The molecule has 0 saturated carbocycles. The third-order valence-electron chi connectivity index (χ3n) is 2.06. The molecule has 0 unspecified atom stereocenters. The third-order valence-corrected chi connectivity index (χ3v) is 2.84. The lowest BCUT2D eigenvalue weighted by Crippen LogP contribution is -2.22. The zero-order valence-corrected chi connectivity index (χ0v) is 9.71. The highest BCUT2D eigenvalue weighted by atomic mass is 32.2. The quantitative estimate of drug-likeness (QED) is 0.802. The van der Waals surface area contributed by atoms with Crippen molar-refractivity contribution in [1.82, 2.24) is 0 Å². The molecule has 86 valence electrons. The topological polar surface area (TPSA) is 96.0 Å². The van der Waals surface area contributed by atoms with E-state index in [4.69, 9.17) is 10.4 Å². The molecule has 0 aliphatic heterocycles. The Hall–Kier alpha value is -1.58. The number of benzene rings is 1. The number of nitrogens with two attached hydrogens (primary N) is 1. The lowest BCUT2D eigenvalue weighted by molar-refractivity contribution is 0.598. The van der Waals surface area contributed by atoms with Gasteiger partial charge in [0.15, 0.2) is 0 Å². The summed E-state index contributed by atoms with van der Waals surface area (Å²) < 4.78 is 21.4. The van der Waals surface area contributed by atoms with E-state index in [-0.39, 0.29) is 12.3 Å². The minimum Gasteiger partial charge on any atom is -0.384 e. The fourth-order valence-electron chi connectivity index (χ4n) is 1.24. The summed E-state index contributed by atoms with van der Waals surface area (Å²) in [5.41, 5.74) is 2.24. The second-order valence-electron chi connectivity index (χ2n) is 3.44. The Morgan fingerprint density at radius 3 is 2.69 bits per heavy atom. The van der Waals surface area contributed by atoms with Crippen molar-refractivity contribution in [2.75, 3.05) is 17.6 Å². The van der Waals surface area contributed by atoms with Crippen LogP contribution in [0.25, 0.3) is 0 Å². The Morgan fingerprint density at radius 2 is 2.19 bits per heavy atom. The lowest BCUT2D eigenvalue weighted by atomic mass is 10.1. The van der Waals surface area contributed by atoms with Crippen molar-refractivity contribution in [3.05, 3.63) is 29.3 Å².